The van der Waals surface area contributed by atoms with Gasteiger partial charge in [0.25, 0.3) is 5.78 Å². The number of hydrogen-bond donors (Lipinski definition) is 2. The Kier molecular flexibility index (Phi) is 3.52. The maximum atomic E-state index is 11.4. The van der Waals surface area contributed by atoms with E-state index in [1.807, 2.05) is 0 Å². The quantitative estimate of drug-likeness (QED) is 0.210. The van der Waals surface area contributed by atoms with E-state index in [0.717, 1.165) is 0 Å². The first-order valence-corrected chi connectivity index (χ1v) is 4.80. The molecule has 16 heavy (non-hydrogen) atoms. The SMILES string of the molecule is CC[C@H]1C(=O)N[C@@H]1CC(=O)C(=[N+]=[N-])C(=O)O. The average Bonchev–Trinajstić information content (AvgIpc) is 2.17. The minimum Gasteiger partial charge on any atom is -0.472 e. The van der Waals surface area contributed by atoms with E-state index >= 15 is 0 Å². The van der Waals surface area contributed by atoms with Gasteiger partial charge in [-0.3, -0.25) is 9.59 Å². The fourth-order valence-electron chi connectivity index (χ4n) is 1.65. The summed E-state index contributed by atoms with van der Waals surface area (Å²) < 4.78 is 0. The molecule has 0 aromatic heterocycles. The van der Waals surface area contributed by atoms with E-state index in [-0.39, 0.29) is 24.3 Å². The van der Waals surface area contributed by atoms with Crippen molar-refractivity contribution in [3.05, 3.63) is 5.53 Å². The van der Waals surface area contributed by atoms with Gasteiger partial charge in [-0.2, -0.15) is 4.79 Å². The molecule has 0 bridgehead atoms. The maximum Gasteiger partial charge on any atom is 0.441 e. The fraction of sp³-hybridized carbons (Fsp3) is 0.556. The number of nitrogens with one attached hydrogen (secondary N) is 1. The first-order chi connectivity index (χ1) is 7.51. The minimum atomic E-state index is -1.58. The first-order valence-electron chi connectivity index (χ1n) is 4.80. The lowest BCUT2D eigenvalue weighted by molar-refractivity contribution is -0.138. The Morgan fingerprint density at radius 2 is 2.19 bits per heavy atom. The van der Waals surface area contributed by atoms with Crippen molar-refractivity contribution in [2.75, 3.05) is 0 Å². The lowest BCUT2D eigenvalue weighted by Gasteiger charge is -2.35. The number of β-lactam (4-membered cyclic amide) rings is 1. The van der Waals surface area contributed by atoms with Crippen molar-refractivity contribution in [2.24, 2.45) is 5.92 Å². The van der Waals surface area contributed by atoms with Gasteiger partial charge in [-0.15, -0.1) is 0 Å². The summed E-state index contributed by atoms with van der Waals surface area (Å²) in [6, 6.07) is -0.360. The summed E-state index contributed by atoms with van der Waals surface area (Å²) in [5.41, 5.74) is 7.44. The van der Waals surface area contributed by atoms with Crippen molar-refractivity contribution < 1.29 is 24.3 Å². The van der Waals surface area contributed by atoms with Crippen LogP contribution in [0.25, 0.3) is 5.53 Å². The predicted molar refractivity (Wildman–Crippen MR) is 51.6 cm³/mol. The lowest BCUT2D eigenvalue weighted by atomic mass is 9.84. The third-order valence-electron chi connectivity index (χ3n) is 2.56. The Hall–Kier alpha value is -2.01. The molecule has 2 atom stereocenters. The number of carbonyl (C=O) groups excluding carboxylic acids is 2. The second-order valence-electron chi connectivity index (χ2n) is 3.51. The molecule has 1 fully saturated rings. The Labute approximate surface area is 91.1 Å². The van der Waals surface area contributed by atoms with Crippen LogP contribution in [0.3, 0.4) is 0 Å². The summed E-state index contributed by atoms with van der Waals surface area (Å²) >= 11 is 0. The van der Waals surface area contributed by atoms with Crippen molar-refractivity contribution in [1.82, 2.24) is 5.32 Å². The predicted octanol–water partition coefficient (Wildman–Crippen LogP) is -0.774. The van der Waals surface area contributed by atoms with Crippen LogP contribution >= 0.6 is 0 Å². The molecule has 0 saturated carbocycles. The fourth-order valence-corrected chi connectivity index (χ4v) is 1.65. The smallest absolute Gasteiger partial charge is 0.441 e. The molecule has 0 aromatic carbocycles. The monoisotopic (exact) mass is 225 g/mol. The number of nitrogens with zero attached hydrogens (tertiary/aromatic N) is 2. The highest BCUT2D eigenvalue weighted by Crippen LogP contribution is 2.21. The molecule has 0 aromatic rings. The van der Waals surface area contributed by atoms with Crippen LogP contribution in [0.1, 0.15) is 19.8 Å². The summed E-state index contributed by atoms with van der Waals surface area (Å²) in [4.78, 5) is 35.3. The highest BCUT2D eigenvalue weighted by Gasteiger charge is 2.41. The molecule has 1 saturated heterocycles. The molecule has 1 aliphatic heterocycles. The standard InChI is InChI=1S/C9H11N3O4/c1-2-4-5(11-8(4)14)3-6(13)7(12-10)9(15)16/h4-5H,2-3H2,1H3,(H,11,14)(H,15,16)/t4-,5-/m1/s1. The molecule has 7 nitrogen and oxygen atoms in total. The minimum absolute atomic E-state index is 0.141. The van der Waals surface area contributed by atoms with Gasteiger partial charge in [-0.05, 0) is 6.42 Å². The molecule has 1 rings (SSSR count). The van der Waals surface area contributed by atoms with Gasteiger partial charge in [-0.25, -0.2) is 4.79 Å². The van der Waals surface area contributed by atoms with Gasteiger partial charge in [0.1, 0.15) is 0 Å². The van der Waals surface area contributed by atoms with Crippen molar-refractivity contribution in [3.8, 4) is 0 Å². The highest BCUT2D eigenvalue weighted by atomic mass is 16.4. The second kappa shape index (κ2) is 4.67. The molecule has 1 amide bonds. The van der Waals surface area contributed by atoms with E-state index in [1.54, 1.807) is 6.92 Å². The van der Waals surface area contributed by atoms with Gasteiger partial charge in [0.15, 0.2) is 0 Å². The molecule has 7 heteroatoms. The van der Waals surface area contributed by atoms with Gasteiger partial charge in [-0.1, -0.05) is 6.92 Å². The number of carboxylic acids is 1. The van der Waals surface area contributed by atoms with E-state index in [4.69, 9.17) is 10.6 Å². The van der Waals surface area contributed by atoms with Crippen molar-refractivity contribution >= 4 is 23.4 Å². The molecule has 0 spiro atoms. The highest BCUT2D eigenvalue weighted by molar-refractivity contribution is 6.62. The summed E-state index contributed by atoms with van der Waals surface area (Å²) in [5, 5.41) is 11.0. The summed E-state index contributed by atoms with van der Waals surface area (Å²) in [5.74, 6) is -2.78. The van der Waals surface area contributed by atoms with E-state index in [2.05, 4.69) is 10.1 Å². The van der Waals surface area contributed by atoms with E-state index < -0.39 is 17.5 Å². The number of rotatable bonds is 5. The van der Waals surface area contributed by atoms with Gasteiger partial charge >= 0.3 is 11.7 Å². The van der Waals surface area contributed by atoms with E-state index in [1.165, 1.54) is 0 Å². The van der Waals surface area contributed by atoms with Gasteiger partial charge in [0.05, 0.1) is 5.92 Å². The van der Waals surface area contributed by atoms with Crippen molar-refractivity contribution in [2.45, 2.75) is 25.8 Å². The second-order valence-corrected chi connectivity index (χ2v) is 3.51. The van der Waals surface area contributed by atoms with Gasteiger partial charge < -0.3 is 16.0 Å². The van der Waals surface area contributed by atoms with Crippen LogP contribution in [-0.2, 0) is 14.4 Å². The van der Waals surface area contributed by atoms with Crippen LogP contribution in [0.2, 0.25) is 0 Å². The lowest BCUT2D eigenvalue weighted by Crippen LogP contribution is -2.59. The first kappa shape index (κ1) is 12.1. The molecule has 0 unspecified atom stereocenters. The van der Waals surface area contributed by atoms with Crippen molar-refractivity contribution in [3.63, 3.8) is 0 Å². The zero-order valence-electron chi connectivity index (χ0n) is 8.64. The molecule has 1 aliphatic rings. The molecule has 0 aliphatic carbocycles. The van der Waals surface area contributed by atoms with Crippen LogP contribution in [0.4, 0.5) is 0 Å². The number of hydrogen-bond acceptors (Lipinski definition) is 3. The number of carboxylic acid groups (broad SMARTS) is 1. The molecule has 1 heterocycles. The van der Waals surface area contributed by atoms with Crippen LogP contribution in [0.5, 0.6) is 0 Å². The van der Waals surface area contributed by atoms with Gasteiger partial charge in [0, 0.05) is 12.5 Å². The molecule has 0 radical (unpaired) electrons. The van der Waals surface area contributed by atoms with E-state index in [9.17, 15) is 14.4 Å². The molecule has 86 valence electrons. The number of Topliss-reactive ketones (excluding diaryl/α,β-unsaturated/α-hetero) is 1. The Morgan fingerprint density at radius 1 is 1.56 bits per heavy atom. The van der Waals surface area contributed by atoms with Crippen LogP contribution < -0.4 is 5.32 Å². The van der Waals surface area contributed by atoms with Crippen LogP contribution in [-0.4, -0.2) is 39.3 Å². The summed E-state index contributed by atoms with van der Waals surface area (Å²) in [7, 11) is 0. The van der Waals surface area contributed by atoms with Crippen molar-refractivity contribution in [1.29, 1.82) is 0 Å². The van der Waals surface area contributed by atoms with Crippen LogP contribution in [0, 0.1) is 5.92 Å². The van der Waals surface area contributed by atoms with Gasteiger partial charge in [0.2, 0.25) is 5.91 Å². The number of carbonyl (C=O) groups is 3. The third-order valence-corrected chi connectivity index (χ3v) is 2.56. The van der Waals surface area contributed by atoms with E-state index in [0.29, 0.717) is 6.42 Å². The number of amides is 1. The Balaban J connectivity index is 2.63. The Morgan fingerprint density at radius 3 is 2.56 bits per heavy atom. The largest absolute Gasteiger partial charge is 0.472 e. The normalized spacial score (nSPS) is 22.7. The molecular weight excluding hydrogens is 214 g/mol. The zero-order chi connectivity index (χ0) is 12.3. The molecular formula is C9H11N3O4. The topological polar surface area (TPSA) is 120 Å². The molecule has 2 N–H and O–H groups in total. The summed E-state index contributed by atoms with van der Waals surface area (Å²) in [6.45, 7) is 1.80. The van der Waals surface area contributed by atoms with Crippen LogP contribution in [0.15, 0.2) is 0 Å². The third kappa shape index (κ3) is 2.14. The number of ketones is 1. The number of aliphatic carboxylic acids is 1. The maximum absolute atomic E-state index is 11.4. The summed E-state index contributed by atoms with van der Waals surface area (Å²) in [6.07, 6.45) is 0.429. The Bertz CT molecular complexity index is 398. The average molecular weight is 225 g/mol. The zero-order valence-corrected chi connectivity index (χ0v) is 8.64.